The van der Waals surface area contributed by atoms with Gasteiger partial charge in [0.15, 0.2) is 0 Å². The van der Waals surface area contributed by atoms with E-state index in [0.717, 1.165) is 36.1 Å². The molecule has 0 radical (unpaired) electrons. The molecule has 2 rings (SSSR count). The number of rotatable bonds is 3. The molecule has 0 atom stereocenters. The third-order valence-corrected chi connectivity index (χ3v) is 4.85. The normalized spacial score (nSPS) is 16.6. The quantitative estimate of drug-likeness (QED) is 0.870. The van der Waals surface area contributed by atoms with Crippen LogP contribution in [0.5, 0.6) is 0 Å². The van der Waals surface area contributed by atoms with Gasteiger partial charge in [0.1, 0.15) is 6.61 Å². The zero-order valence-electron chi connectivity index (χ0n) is 12.1. The molecule has 0 unspecified atom stereocenters. The lowest BCUT2D eigenvalue weighted by atomic mass is 9.87. The SMILES string of the molecule is CN(Cc1cc(C#CCO)cs1)C(=O)C1(C)CCCC1. The molecule has 0 bridgehead atoms. The monoisotopic (exact) mass is 291 g/mol. The summed E-state index contributed by atoms with van der Waals surface area (Å²) in [4.78, 5) is 15.5. The van der Waals surface area contributed by atoms with Crippen molar-refractivity contribution in [3.8, 4) is 11.8 Å². The summed E-state index contributed by atoms with van der Waals surface area (Å²) in [6.07, 6.45) is 4.34. The smallest absolute Gasteiger partial charge is 0.228 e. The van der Waals surface area contributed by atoms with Crippen LogP contribution in [0.15, 0.2) is 11.4 Å². The molecule has 1 fully saturated rings. The van der Waals surface area contributed by atoms with Crippen LogP contribution in [0.2, 0.25) is 0 Å². The zero-order chi connectivity index (χ0) is 14.6. The van der Waals surface area contributed by atoms with Crippen molar-refractivity contribution in [2.75, 3.05) is 13.7 Å². The van der Waals surface area contributed by atoms with Crippen LogP contribution in [0, 0.1) is 17.3 Å². The molecule has 4 heteroatoms. The Kier molecular flexibility index (Phi) is 4.85. The Balaban J connectivity index is 1.98. The summed E-state index contributed by atoms with van der Waals surface area (Å²) in [7, 11) is 1.88. The van der Waals surface area contributed by atoms with E-state index < -0.39 is 0 Å². The number of carbonyl (C=O) groups excluding carboxylic acids is 1. The van der Waals surface area contributed by atoms with Gasteiger partial charge in [0.05, 0.1) is 6.54 Å². The van der Waals surface area contributed by atoms with Crippen molar-refractivity contribution < 1.29 is 9.90 Å². The molecule has 1 aromatic rings. The summed E-state index contributed by atoms with van der Waals surface area (Å²) in [6.45, 7) is 2.60. The maximum absolute atomic E-state index is 12.5. The van der Waals surface area contributed by atoms with Gasteiger partial charge < -0.3 is 10.0 Å². The Morgan fingerprint density at radius 2 is 2.20 bits per heavy atom. The molecule has 1 saturated carbocycles. The van der Waals surface area contributed by atoms with E-state index in [1.165, 1.54) is 0 Å². The minimum Gasteiger partial charge on any atom is -0.384 e. The first-order chi connectivity index (χ1) is 9.55. The van der Waals surface area contributed by atoms with Gasteiger partial charge in [0.25, 0.3) is 0 Å². The number of hydrogen-bond acceptors (Lipinski definition) is 3. The highest BCUT2D eigenvalue weighted by molar-refractivity contribution is 7.10. The van der Waals surface area contributed by atoms with Gasteiger partial charge >= 0.3 is 0 Å². The highest BCUT2D eigenvalue weighted by Crippen LogP contribution is 2.39. The molecule has 1 N–H and O–H groups in total. The second-order valence-corrected chi connectivity index (χ2v) is 6.69. The second-order valence-electron chi connectivity index (χ2n) is 5.69. The topological polar surface area (TPSA) is 40.5 Å². The fourth-order valence-corrected chi connectivity index (χ4v) is 3.67. The predicted molar refractivity (Wildman–Crippen MR) is 81.3 cm³/mol. The average molecular weight is 291 g/mol. The molecule has 1 amide bonds. The number of amides is 1. The van der Waals surface area contributed by atoms with E-state index >= 15 is 0 Å². The Morgan fingerprint density at radius 1 is 1.50 bits per heavy atom. The first kappa shape index (κ1) is 15.1. The summed E-state index contributed by atoms with van der Waals surface area (Å²) >= 11 is 1.61. The third-order valence-electron chi connectivity index (χ3n) is 3.93. The van der Waals surface area contributed by atoms with Gasteiger partial charge in [-0.2, -0.15) is 0 Å². The van der Waals surface area contributed by atoms with Gasteiger partial charge in [-0.15, -0.1) is 11.3 Å². The van der Waals surface area contributed by atoms with Gasteiger partial charge in [-0.25, -0.2) is 0 Å². The van der Waals surface area contributed by atoms with E-state index in [9.17, 15) is 4.79 Å². The summed E-state index contributed by atoms with van der Waals surface area (Å²) in [5.41, 5.74) is 0.748. The van der Waals surface area contributed by atoms with E-state index in [2.05, 4.69) is 18.8 Å². The molecule has 1 aliphatic rings. The second kappa shape index (κ2) is 6.43. The number of thiophene rings is 1. The molecule has 0 aliphatic heterocycles. The van der Waals surface area contributed by atoms with E-state index in [1.807, 2.05) is 23.4 Å². The van der Waals surface area contributed by atoms with Crippen LogP contribution in [-0.4, -0.2) is 29.6 Å². The number of nitrogens with zero attached hydrogens (tertiary/aromatic N) is 1. The lowest BCUT2D eigenvalue weighted by molar-refractivity contribution is -0.140. The summed E-state index contributed by atoms with van der Waals surface area (Å²) in [5.74, 6) is 5.78. The fraction of sp³-hybridized carbons (Fsp3) is 0.562. The fourth-order valence-electron chi connectivity index (χ4n) is 2.81. The zero-order valence-corrected chi connectivity index (χ0v) is 12.9. The van der Waals surface area contributed by atoms with Gasteiger partial charge in [-0.05, 0) is 18.9 Å². The average Bonchev–Trinajstić information content (AvgIpc) is 3.05. The third kappa shape index (κ3) is 3.41. The maximum atomic E-state index is 12.5. The lowest BCUT2D eigenvalue weighted by Gasteiger charge is -2.28. The van der Waals surface area contributed by atoms with Crippen LogP contribution >= 0.6 is 11.3 Å². The van der Waals surface area contributed by atoms with Crippen molar-refractivity contribution in [3.05, 3.63) is 21.9 Å². The Hall–Kier alpha value is -1.31. The minimum absolute atomic E-state index is 0.123. The van der Waals surface area contributed by atoms with Crippen molar-refractivity contribution in [2.24, 2.45) is 5.41 Å². The van der Waals surface area contributed by atoms with Gasteiger partial charge in [-0.1, -0.05) is 31.6 Å². The molecule has 3 nitrogen and oxygen atoms in total. The standard InChI is InChI=1S/C16H21NO2S/c1-16(7-3-4-8-16)15(19)17(2)11-14-10-13(12-20-14)6-5-9-18/h10,12,18H,3-4,7-9,11H2,1-2H3. The summed E-state index contributed by atoms with van der Waals surface area (Å²) < 4.78 is 0. The van der Waals surface area contributed by atoms with Crippen LogP contribution in [0.4, 0.5) is 0 Å². The first-order valence-corrected chi connectivity index (χ1v) is 7.86. The number of aliphatic hydroxyl groups is 1. The molecule has 20 heavy (non-hydrogen) atoms. The Bertz CT molecular complexity index is 532. The number of hydrogen-bond donors (Lipinski definition) is 1. The molecule has 1 heterocycles. The Labute approximate surface area is 124 Å². The maximum Gasteiger partial charge on any atom is 0.228 e. The number of aliphatic hydroxyl groups excluding tert-OH is 1. The number of carbonyl (C=O) groups is 1. The largest absolute Gasteiger partial charge is 0.384 e. The molecular weight excluding hydrogens is 270 g/mol. The first-order valence-electron chi connectivity index (χ1n) is 6.98. The Morgan fingerprint density at radius 3 is 2.85 bits per heavy atom. The minimum atomic E-state index is -0.161. The van der Waals surface area contributed by atoms with Crippen LogP contribution in [0.3, 0.4) is 0 Å². The lowest BCUT2D eigenvalue weighted by Crippen LogP contribution is -2.38. The molecular formula is C16H21NO2S. The highest BCUT2D eigenvalue weighted by atomic mass is 32.1. The van der Waals surface area contributed by atoms with Crippen molar-refractivity contribution in [3.63, 3.8) is 0 Å². The van der Waals surface area contributed by atoms with Crippen molar-refractivity contribution >= 4 is 17.2 Å². The van der Waals surface area contributed by atoms with Crippen LogP contribution in [0.25, 0.3) is 0 Å². The van der Waals surface area contributed by atoms with Gasteiger partial charge in [0.2, 0.25) is 5.91 Å². The van der Waals surface area contributed by atoms with E-state index in [0.29, 0.717) is 6.54 Å². The van der Waals surface area contributed by atoms with Crippen LogP contribution in [0.1, 0.15) is 43.0 Å². The summed E-state index contributed by atoms with van der Waals surface area (Å²) in [6, 6.07) is 1.99. The van der Waals surface area contributed by atoms with Gasteiger partial charge in [0, 0.05) is 28.3 Å². The van der Waals surface area contributed by atoms with Gasteiger partial charge in [-0.3, -0.25) is 4.79 Å². The molecule has 0 saturated heterocycles. The van der Waals surface area contributed by atoms with E-state index in [4.69, 9.17) is 5.11 Å². The van der Waals surface area contributed by atoms with Crippen LogP contribution < -0.4 is 0 Å². The predicted octanol–water partition coefficient (Wildman–Crippen LogP) is 2.63. The van der Waals surface area contributed by atoms with Crippen molar-refractivity contribution in [2.45, 2.75) is 39.2 Å². The van der Waals surface area contributed by atoms with Crippen molar-refractivity contribution in [1.29, 1.82) is 0 Å². The highest BCUT2D eigenvalue weighted by Gasteiger charge is 2.38. The van der Waals surface area contributed by atoms with E-state index in [1.54, 1.807) is 11.3 Å². The van der Waals surface area contributed by atoms with Crippen LogP contribution in [-0.2, 0) is 11.3 Å². The molecule has 0 aromatic carbocycles. The van der Waals surface area contributed by atoms with E-state index in [-0.39, 0.29) is 17.9 Å². The molecule has 108 valence electrons. The van der Waals surface area contributed by atoms with Crippen molar-refractivity contribution in [1.82, 2.24) is 4.90 Å². The molecule has 0 spiro atoms. The summed E-state index contributed by atoms with van der Waals surface area (Å²) in [5, 5.41) is 10.6. The molecule has 1 aromatic heterocycles. The molecule has 1 aliphatic carbocycles.